The lowest BCUT2D eigenvalue weighted by Crippen LogP contribution is -2.32. The Hall–Kier alpha value is -0.770. The highest BCUT2D eigenvalue weighted by Crippen LogP contribution is 2.11. The van der Waals surface area contributed by atoms with Crippen LogP contribution in [0.15, 0.2) is 0 Å². The average molecular weight is 176 g/mol. The monoisotopic (exact) mass is 176 g/mol. The molecule has 0 saturated heterocycles. The Labute approximate surface area is 72.5 Å². The Morgan fingerprint density at radius 3 is 1.75 bits per heavy atom. The lowest BCUT2D eigenvalue weighted by atomic mass is 10.2. The quantitative estimate of drug-likeness (QED) is 0.487. The second-order valence-electron chi connectivity index (χ2n) is 4.01. The van der Waals surface area contributed by atoms with Crippen molar-refractivity contribution in [3.05, 3.63) is 0 Å². The number of carbonyl (C=O) groups is 1. The topological polar surface area (TPSA) is 55.8 Å². The highest BCUT2D eigenvalue weighted by Gasteiger charge is 2.23. The molecule has 0 fully saturated rings. The Morgan fingerprint density at radius 2 is 1.50 bits per heavy atom. The molecule has 0 aromatic rings. The first-order valence-electron chi connectivity index (χ1n) is 3.74. The van der Waals surface area contributed by atoms with Crippen molar-refractivity contribution in [3.63, 3.8) is 0 Å². The molecular formula is C8H16O4. The van der Waals surface area contributed by atoms with E-state index >= 15 is 0 Å². The molecule has 0 spiro atoms. The van der Waals surface area contributed by atoms with E-state index in [1.54, 1.807) is 20.8 Å². The molecule has 0 heterocycles. The summed E-state index contributed by atoms with van der Waals surface area (Å²) in [5.41, 5.74) is -0.595. The van der Waals surface area contributed by atoms with E-state index in [0.717, 1.165) is 0 Å². The van der Waals surface area contributed by atoms with E-state index in [-0.39, 0.29) is 0 Å². The van der Waals surface area contributed by atoms with Crippen LogP contribution in [0.3, 0.4) is 0 Å². The Balaban J connectivity index is 3.92. The van der Waals surface area contributed by atoms with Gasteiger partial charge < -0.3 is 14.6 Å². The molecule has 0 aliphatic heterocycles. The Bertz CT molecular complexity index is 143. The summed E-state index contributed by atoms with van der Waals surface area (Å²) >= 11 is 0. The number of rotatable bonds is 1. The molecule has 0 aliphatic carbocycles. The average Bonchev–Trinajstić information content (AvgIpc) is 1.49. The third kappa shape index (κ3) is 7.34. The molecule has 0 saturated carbocycles. The summed E-state index contributed by atoms with van der Waals surface area (Å²) in [5.74, 6) is -1.48. The van der Waals surface area contributed by atoms with E-state index in [4.69, 9.17) is 9.84 Å². The molecule has 0 unspecified atom stereocenters. The van der Waals surface area contributed by atoms with Gasteiger partial charge in [-0.2, -0.15) is 0 Å². The van der Waals surface area contributed by atoms with Crippen molar-refractivity contribution >= 4 is 6.16 Å². The van der Waals surface area contributed by atoms with Gasteiger partial charge in [0, 0.05) is 13.8 Å². The van der Waals surface area contributed by atoms with E-state index in [2.05, 4.69) is 4.74 Å². The second-order valence-corrected chi connectivity index (χ2v) is 4.01. The molecule has 0 aliphatic rings. The van der Waals surface area contributed by atoms with Crippen LogP contribution in [-0.2, 0) is 9.47 Å². The van der Waals surface area contributed by atoms with Crippen LogP contribution in [0, 0.1) is 0 Å². The minimum absolute atomic E-state index is 0.595. The fourth-order valence-corrected chi connectivity index (χ4v) is 0.475. The van der Waals surface area contributed by atoms with Crippen LogP contribution in [0.25, 0.3) is 0 Å². The zero-order valence-electron chi connectivity index (χ0n) is 8.17. The molecule has 0 rings (SSSR count). The van der Waals surface area contributed by atoms with Crippen LogP contribution in [0.1, 0.15) is 34.6 Å². The molecule has 72 valence electrons. The number of hydrogen-bond acceptors (Lipinski definition) is 4. The maximum Gasteiger partial charge on any atom is 0.511 e. The maximum absolute atomic E-state index is 10.9. The molecule has 0 radical (unpaired) electrons. The maximum atomic E-state index is 10.9. The van der Waals surface area contributed by atoms with Crippen molar-refractivity contribution in [1.82, 2.24) is 0 Å². The first kappa shape index (κ1) is 11.2. The lowest BCUT2D eigenvalue weighted by molar-refractivity contribution is -0.159. The fourth-order valence-electron chi connectivity index (χ4n) is 0.475. The van der Waals surface area contributed by atoms with E-state index in [9.17, 15) is 4.79 Å². The van der Waals surface area contributed by atoms with Crippen LogP contribution in [0.2, 0.25) is 0 Å². The minimum Gasteiger partial charge on any atom is -0.428 e. The number of ether oxygens (including phenoxy) is 2. The van der Waals surface area contributed by atoms with Crippen LogP contribution in [0.5, 0.6) is 0 Å². The molecule has 0 aromatic heterocycles. The number of hydrogen-bond donors (Lipinski definition) is 1. The van der Waals surface area contributed by atoms with Crippen molar-refractivity contribution in [2.45, 2.75) is 46.0 Å². The molecule has 12 heavy (non-hydrogen) atoms. The summed E-state index contributed by atoms with van der Waals surface area (Å²) in [4.78, 5) is 10.9. The Kier molecular flexibility index (Phi) is 3.10. The van der Waals surface area contributed by atoms with Gasteiger partial charge in [0.1, 0.15) is 5.60 Å². The zero-order valence-corrected chi connectivity index (χ0v) is 8.17. The van der Waals surface area contributed by atoms with Gasteiger partial charge in [0.15, 0.2) is 0 Å². The molecule has 4 nitrogen and oxygen atoms in total. The molecule has 0 atom stereocenters. The molecular weight excluding hydrogens is 160 g/mol. The third-order valence-electron chi connectivity index (χ3n) is 0.723. The van der Waals surface area contributed by atoms with E-state index in [0.29, 0.717) is 0 Å². The van der Waals surface area contributed by atoms with Gasteiger partial charge in [-0.1, -0.05) is 0 Å². The van der Waals surface area contributed by atoms with Crippen molar-refractivity contribution in [3.8, 4) is 0 Å². The molecule has 1 N–H and O–H groups in total. The second kappa shape index (κ2) is 3.31. The predicted octanol–water partition coefficient (Wildman–Crippen LogP) is 1.67. The summed E-state index contributed by atoms with van der Waals surface area (Å²) in [6.45, 7) is 7.88. The van der Waals surface area contributed by atoms with Gasteiger partial charge >= 0.3 is 6.16 Å². The van der Waals surface area contributed by atoms with Gasteiger partial charge in [0.25, 0.3) is 0 Å². The molecule has 0 aromatic carbocycles. The highest BCUT2D eigenvalue weighted by molar-refractivity contribution is 5.60. The minimum atomic E-state index is -1.48. The van der Waals surface area contributed by atoms with Gasteiger partial charge in [-0.05, 0) is 20.8 Å². The van der Waals surface area contributed by atoms with Crippen molar-refractivity contribution in [1.29, 1.82) is 0 Å². The summed E-state index contributed by atoms with van der Waals surface area (Å²) in [6.07, 6.45) is -0.866. The molecule has 0 bridgehead atoms. The van der Waals surface area contributed by atoms with Gasteiger partial charge in [0.05, 0.1) is 0 Å². The van der Waals surface area contributed by atoms with E-state index in [1.807, 2.05) is 0 Å². The number of carbonyl (C=O) groups excluding carboxylic acids is 1. The summed E-state index contributed by atoms with van der Waals surface area (Å²) < 4.78 is 9.30. The summed E-state index contributed by atoms with van der Waals surface area (Å²) in [6, 6.07) is 0. The summed E-state index contributed by atoms with van der Waals surface area (Å²) in [7, 11) is 0. The van der Waals surface area contributed by atoms with Crippen LogP contribution in [0.4, 0.5) is 4.79 Å². The SMILES string of the molecule is CC(C)(C)OC(=O)OC(C)(C)O. The van der Waals surface area contributed by atoms with E-state index in [1.165, 1.54) is 13.8 Å². The van der Waals surface area contributed by atoms with Crippen molar-refractivity contribution in [2.24, 2.45) is 0 Å². The third-order valence-corrected chi connectivity index (χ3v) is 0.723. The highest BCUT2D eigenvalue weighted by atomic mass is 16.8. The normalized spacial score (nSPS) is 12.5. The van der Waals surface area contributed by atoms with Crippen LogP contribution < -0.4 is 0 Å². The molecule has 4 heteroatoms. The fraction of sp³-hybridized carbons (Fsp3) is 0.875. The smallest absolute Gasteiger partial charge is 0.428 e. The first-order chi connectivity index (χ1) is 5.10. The van der Waals surface area contributed by atoms with Gasteiger partial charge in [-0.15, -0.1) is 0 Å². The van der Waals surface area contributed by atoms with Gasteiger partial charge in [-0.3, -0.25) is 0 Å². The van der Waals surface area contributed by atoms with E-state index < -0.39 is 17.5 Å². The van der Waals surface area contributed by atoms with Crippen LogP contribution in [-0.4, -0.2) is 22.7 Å². The first-order valence-corrected chi connectivity index (χ1v) is 3.74. The van der Waals surface area contributed by atoms with Crippen LogP contribution >= 0.6 is 0 Å². The molecule has 0 amide bonds. The standard InChI is InChI=1S/C8H16O4/c1-7(2,3)11-6(9)12-8(4,5)10/h10H,1-5H3. The zero-order chi connectivity index (χ0) is 9.99. The summed E-state index contributed by atoms with van der Waals surface area (Å²) in [5, 5.41) is 9.06. The Morgan fingerprint density at radius 1 is 1.08 bits per heavy atom. The lowest BCUT2D eigenvalue weighted by Gasteiger charge is -2.23. The van der Waals surface area contributed by atoms with Crippen molar-refractivity contribution in [2.75, 3.05) is 0 Å². The van der Waals surface area contributed by atoms with Gasteiger partial charge in [0.2, 0.25) is 5.79 Å². The number of aliphatic hydroxyl groups is 1. The predicted molar refractivity (Wildman–Crippen MR) is 43.6 cm³/mol. The van der Waals surface area contributed by atoms with Crippen molar-refractivity contribution < 1.29 is 19.4 Å². The van der Waals surface area contributed by atoms with Gasteiger partial charge in [-0.25, -0.2) is 4.79 Å². The largest absolute Gasteiger partial charge is 0.511 e.